The third kappa shape index (κ3) is 5.14. The van der Waals surface area contributed by atoms with Crippen molar-refractivity contribution < 1.29 is 13.9 Å². The lowest BCUT2D eigenvalue weighted by Crippen LogP contribution is -2.19. The molecule has 1 amide bonds. The Morgan fingerprint density at radius 3 is 3.00 bits per heavy atom. The van der Waals surface area contributed by atoms with Gasteiger partial charge in [-0.25, -0.2) is 4.39 Å². The number of halogens is 1. The van der Waals surface area contributed by atoms with E-state index < -0.39 is 0 Å². The van der Waals surface area contributed by atoms with Crippen molar-refractivity contribution in [3.63, 3.8) is 0 Å². The molecule has 7 heteroatoms. The van der Waals surface area contributed by atoms with Crippen LogP contribution in [0.5, 0.6) is 5.75 Å². The summed E-state index contributed by atoms with van der Waals surface area (Å²) in [7, 11) is 0. The summed E-state index contributed by atoms with van der Waals surface area (Å²) in [4.78, 5) is 11.0. The highest BCUT2D eigenvalue weighted by molar-refractivity contribution is 8.15. The molecule has 0 unspecified atom stereocenters. The van der Waals surface area contributed by atoms with Gasteiger partial charge in [0.25, 0.3) is 0 Å². The van der Waals surface area contributed by atoms with Gasteiger partial charge in [0, 0.05) is 5.56 Å². The number of hydrogen-bond donors (Lipinski definition) is 1. The summed E-state index contributed by atoms with van der Waals surface area (Å²) < 4.78 is 19.0. The molecule has 1 aliphatic heterocycles. The molecule has 0 aromatic heterocycles. The molecule has 0 saturated carbocycles. The van der Waals surface area contributed by atoms with Gasteiger partial charge < -0.3 is 10.1 Å². The van der Waals surface area contributed by atoms with Gasteiger partial charge in [0.15, 0.2) is 5.17 Å². The number of amidine groups is 1. The number of carbonyl (C=O) groups is 1. The summed E-state index contributed by atoms with van der Waals surface area (Å²) in [5.41, 5.74) is 0.516. The van der Waals surface area contributed by atoms with E-state index >= 15 is 0 Å². The molecule has 1 N–H and O–H groups in total. The number of thioether (sulfide) groups is 1. The summed E-state index contributed by atoms with van der Waals surface area (Å²) in [6, 6.07) is 4.27. The third-order valence-electron chi connectivity index (χ3n) is 2.86. The van der Waals surface area contributed by atoms with Crippen LogP contribution in [0.3, 0.4) is 0 Å². The highest BCUT2D eigenvalue weighted by Crippen LogP contribution is 2.19. The lowest BCUT2D eigenvalue weighted by molar-refractivity contribution is -0.116. The average Bonchev–Trinajstić information content (AvgIpc) is 2.86. The van der Waals surface area contributed by atoms with Crippen LogP contribution in [0.15, 0.2) is 28.4 Å². The maximum absolute atomic E-state index is 13.4. The van der Waals surface area contributed by atoms with Crippen molar-refractivity contribution in [2.24, 2.45) is 16.1 Å². The molecule has 5 nitrogen and oxygen atoms in total. The fourth-order valence-corrected chi connectivity index (χ4v) is 2.31. The highest BCUT2D eigenvalue weighted by Gasteiger charge is 2.16. The van der Waals surface area contributed by atoms with Gasteiger partial charge in [0.2, 0.25) is 5.91 Å². The SMILES string of the molecule is CC(C)CCOc1ccc(F)cc1C=NN=C1NC(=O)CS1. The summed E-state index contributed by atoms with van der Waals surface area (Å²) in [6.45, 7) is 4.78. The monoisotopic (exact) mass is 323 g/mol. The minimum Gasteiger partial charge on any atom is -0.493 e. The molecule has 22 heavy (non-hydrogen) atoms. The Hall–Kier alpha value is -1.89. The van der Waals surface area contributed by atoms with E-state index in [0.29, 0.717) is 34.8 Å². The van der Waals surface area contributed by atoms with E-state index in [1.54, 1.807) is 6.07 Å². The smallest absolute Gasteiger partial charge is 0.236 e. The zero-order chi connectivity index (χ0) is 15.9. The Labute approximate surface area is 133 Å². The summed E-state index contributed by atoms with van der Waals surface area (Å²) in [5, 5.41) is 10.8. The van der Waals surface area contributed by atoms with E-state index in [-0.39, 0.29) is 11.7 Å². The van der Waals surface area contributed by atoms with Crippen molar-refractivity contribution >= 4 is 29.1 Å². The Kier molecular flexibility index (Phi) is 5.94. The number of hydrogen-bond acceptors (Lipinski definition) is 5. The molecule has 0 aliphatic carbocycles. The van der Waals surface area contributed by atoms with Gasteiger partial charge in [-0.05, 0) is 30.5 Å². The number of nitrogens with zero attached hydrogens (tertiary/aromatic N) is 2. The number of benzene rings is 1. The molecule has 1 aliphatic rings. The Bertz CT molecular complexity index is 602. The molecular weight excluding hydrogens is 305 g/mol. The first-order chi connectivity index (χ1) is 10.5. The maximum Gasteiger partial charge on any atom is 0.236 e. The zero-order valence-electron chi connectivity index (χ0n) is 12.5. The topological polar surface area (TPSA) is 63.1 Å². The molecule has 1 aromatic rings. The molecule has 118 valence electrons. The fraction of sp³-hybridized carbons (Fsp3) is 0.400. The van der Waals surface area contributed by atoms with Crippen LogP contribution in [-0.2, 0) is 4.79 Å². The molecule has 1 saturated heterocycles. The zero-order valence-corrected chi connectivity index (χ0v) is 13.3. The van der Waals surface area contributed by atoms with Crippen molar-refractivity contribution in [2.75, 3.05) is 12.4 Å². The first-order valence-electron chi connectivity index (χ1n) is 7.00. The van der Waals surface area contributed by atoms with Gasteiger partial charge in [-0.3, -0.25) is 4.79 Å². The molecule has 2 rings (SSSR count). The van der Waals surface area contributed by atoms with Gasteiger partial charge >= 0.3 is 0 Å². The van der Waals surface area contributed by atoms with Crippen molar-refractivity contribution in [3.05, 3.63) is 29.6 Å². The molecule has 1 fully saturated rings. The average molecular weight is 323 g/mol. The molecule has 1 heterocycles. The highest BCUT2D eigenvalue weighted by atomic mass is 32.2. The predicted octanol–water partition coefficient (Wildman–Crippen LogP) is 2.80. The Morgan fingerprint density at radius 2 is 2.32 bits per heavy atom. The van der Waals surface area contributed by atoms with E-state index in [1.807, 2.05) is 0 Å². The molecule has 0 bridgehead atoms. The number of rotatable bonds is 6. The van der Waals surface area contributed by atoms with Crippen molar-refractivity contribution in [1.29, 1.82) is 0 Å². The largest absolute Gasteiger partial charge is 0.493 e. The number of ether oxygens (including phenoxy) is 1. The van der Waals surface area contributed by atoms with Crippen LogP contribution in [0.2, 0.25) is 0 Å². The summed E-state index contributed by atoms with van der Waals surface area (Å²) in [5.74, 6) is 0.982. The van der Waals surface area contributed by atoms with E-state index in [4.69, 9.17) is 4.74 Å². The van der Waals surface area contributed by atoms with E-state index in [0.717, 1.165) is 6.42 Å². The Balaban J connectivity index is 2.04. The molecular formula is C15H18FN3O2S. The Morgan fingerprint density at radius 1 is 1.50 bits per heavy atom. The second-order valence-electron chi connectivity index (χ2n) is 5.20. The van der Waals surface area contributed by atoms with Crippen molar-refractivity contribution in [2.45, 2.75) is 20.3 Å². The normalized spacial score (nSPS) is 16.7. The number of amides is 1. The maximum atomic E-state index is 13.4. The lowest BCUT2D eigenvalue weighted by atomic mass is 10.1. The van der Waals surface area contributed by atoms with E-state index in [2.05, 4.69) is 29.4 Å². The van der Waals surface area contributed by atoms with Gasteiger partial charge in [-0.1, -0.05) is 25.6 Å². The number of nitrogens with one attached hydrogen (secondary N) is 1. The van der Waals surface area contributed by atoms with Crippen LogP contribution in [-0.4, -0.2) is 29.6 Å². The van der Waals surface area contributed by atoms with Gasteiger partial charge in [-0.2, -0.15) is 5.10 Å². The third-order valence-corrected chi connectivity index (χ3v) is 3.72. The summed E-state index contributed by atoms with van der Waals surface area (Å²) in [6.07, 6.45) is 2.34. The molecule has 0 radical (unpaired) electrons. The van der Waals surface area contributed by atoms with Crippen LogP contribution >= 0.6 is 11.8 Å². The second-order valence-corrected chi connectivity index (χ2v) is 6.16. The van der Waals surface area contributed by atoms with Crippen LogP contribution in [0.4, 0.5) is 4.39 Å². The molecule has 0 spiro atoms. The lowest BCUT2D eigenvalue weighted by Gasteiger charge is -2.10. The molecule has 0 atom stereocenters. The van der Waals surface area contributed by atoms with E-state index in [1.165, 1.54) is 30.1 Å². The van der Waals surface area contributed by atoms with Gasteiger partial charge in [-0.15, -0.1) is 5.10 Å². The van der Waals surface area contributed by atoms with Crippen molar-refractivity contribution in [1.82, 2.24) is 5.32 Å². The first-order valence-corrected chi connectivity index (χ1v) is 7.99. The standard InChI is InChI=1S/C15H18FN3O2S/c1-10(2)5-6-21-13-4-3-12(16)7-11(13)8-17-19-15-18-14(20)9-22-15/h3-4,7-8,10H,5-6,9H2,1-2H3,(H,18,19,20). The van der Waals surface area contributed by atoms with Crippen molar-refractivity contribution in [3.8, 4) is 5.75 Å². The fourth-order valence-electron chi connectivity index (χ4n) is 1.68. The van der Waals surface area contributed by atoms with E-state index in [9.17, 15) is 9.18 Å². The van der Waals surface area contributed by atoms with Gasteiger partial charge in [0.1, 0.15) is 11.6 Å². The minimum atomic E-state index is -0.367. The van der Waals surface area contributed by atoms with Crippen LogP contribution in [0, 0.1) is 11.7 Å². The minimum absolute atomic E-state index is 0.0950. The predicted molar refractivity (Wildman–Crippen MR) is 87.0 cm³/mol. The number of carbonyl (C=O) groups excluding carboxylic acids is 1. The second kappa shape index (κ2) is 7.93. The molecule has 1 aromatic carbocycles. The quantitative estimate of drug-likeness (QED) is 0.647. The van der Waals surface area contributed by atoms with Crippen LogP contribution < -0.4 is 10.1 Å². The first kappa shape index (κ1) is 16.5. The van der Waals surface area contributed by atoms with Crippen LogP contribution in [0.1, 0.15) is 25.8 Å². The van der Waals surface area contributed by atoms with Crippen LogP contribution in [0.25, 0.3) is 0 Å². The summed E-state index contributed by atoms with van der Waals surface area (Å²) >= 11 is 1.28. The van der Waals surface area contributed by atoms with Gasteiger partial charge in [0.05, 0.1) is 18.6 Å².